The first kappa shape index (κ1) is 59.4. The summed E-state index contributed by atoms with van der Waals surface area (Å²) >= 11 is 28.8. The standard InChI is InChI=1S/C15H22ClNO2.C14H9Cl2NO5.C11H11Cl2NO2.C5H12NO4P/c1-5-13-8-6-7-11(2)15(13)17(14(18)9-16)12(3)10-19-4;1-21-14(18)10-7-9(3-4-12(10)17(19)20)22-13-5-2-8(15)6-11(13)16;1-7-6-16-9-5-3-2-4-8(9)14(7)11(15)10(12)13;1-11(9,10)3-2-4(6)5(7)8/h6-8,12H,5,9-10H2,1-4H3;2-7H,1H3;2-5,7,10H,6H2,1H3;4H,2-3,6H2,1H3,(H,7,8)(H,9,10). The summed E-state index contributed by atoms with van der Waals surface area (Å²) in [6, 6.07) is 20.6. The van der Waals surface area contributed by atoms with Gasteiger partial charge in [-0.3, -0.25) is 29.1 Å². The van der Waals surface area contributed by atoms with Crippen molar-refractivity contribution in [2.24, 2.45) is 5.73 Å². The summed E-state index contributed by atoms with van der Waals surface area (Å²) < 4.78 is 31.4. The van der Waals surface area contributed by atoms with E-state index in [0.29, 0.717) is 29.7 Å². The van der Waals surface area contributed by atoms with Gasteiger partial charge in [0.15, 0.2) is 12.2 Å². The van der Waals surface area contributed by atoms with Crippen molar-refractivity contribution in [1.29, 1.82) is 0 Å². The number of anilines is 2. The number of aryl methyl sites for hydroxylation is 2. The fourth-order valence-electron chi connectivity index (χ4n) is 6.26. The van der Waals surface area contributed by atoms with E-state index in [2.05, 4.69) is 17.7 Å². The van der Waals surface area contributed by atoms with Gasteiger partial charge in [0.2, 0.25) is 5.91 Å². The van der Waals surface area contributed by atoms with Gasteiger partial charge in [-0.1, -0.05) is 83.7 Å². The topological polar surface area (TPSA) is 238 Å². The number of aliphatic carboxylic acids is 1. The van der Waals surface area contributed by atoms with E-state index >= 15 is 0 Å². The number of rotatable bonds is 15. The first-order chi connectivity index (χ1) is 31.9. The maximum atomic E-state index is 12.2. The van der Waals surface area contributed by atoms with Gasteiger partial charge in [0.1, 0.15) is 41.3 Å². The maximum absolute atomic E-state index is 12.2. The van der Waals surface area contributed by atoms with Crippen molar-refractivity contribution in [2.45, 2.75) is 63.5 Å². The van der Waals surface area contributed by atoms with Crippen LogP contribution in [0.25, 0.3) is 0 Å². The normalized spacial score (nSPS) is 14.3. The lowest BCUT2D eigenvalue weighted by atomic mass is 10.0. The van der Waals surface area contributed by atoms with E-state index in [9.17, 15) is 33.9 Å². The number of carboxylic acid groups (broad SMARTS) is 1. The molecule has 0 fully saturated rings. The number of alkyl halides is 3. The molecular weight excluding hydrogens is 1010 g/mol. The second-order valence-corrected chi connectivity index (χ2v) is 19.6. The minimum absolute atomic E-state index is 0.0223. The molecule has 5 rings (SSSR count). The predicted octanol–water partition coefficient (Wildman–Crippen LogP) is 9.94. The summed E-state index contributed by atoms with van der Waals surface area (Å²) in [5.41, 5.74) is 8.44. The first-order valence-corrected chi connectivity index (χ1v) is 24.9. The summed E-state index contributed by atoms with van der Waals surface area (Å²) in [6.07, 6.45) is 0.878. The SMILES string of the molecule is CC1COc2ccccc2N1C(=O)C(Cl)Cl.CCc1cccc(C)c1N(C(=O)CCl)C(C)COC.COC(=O)c1cc(Oc2ccc(Cl)cc2Cl)ccc1[N+](=O)[O-].CP(=O)(O)CCC(N)C(=O)O. The van der Waals surface area contributed by atoms with Gasteiger partial charge in [0.25, 0.3) is 11.6 Å². The van der Waals surface area contributed by atoms with Crippen LogP contribution in [-0.2, 0) is 34.8 Å². The molecule has 0 saturated carbocycles. The molecule has 0 aromatic heterocycles. The van der Waals surface area contributed by atoms with E-state index in [0.717, 1.165) is 42.1 Å². The molecule has 1 heterocycles. The molecule has 0 spiro atoms. The number of esters is 1. The Morgan fingerprint density at radius 1 is 1.04 bits per heavy atom. The van der Waals surface area contributed by atoms with E-state index in [4.69, 9.17) is 87.9 Å². The number of methoxy groups -OCH3 is 2. The predicted molar refractivity (Wildman–Crippen MR) is 266 cm³/mol. The Morgan fingerprint density at radius 2 is 1.71 bits per heavy atom. The molecule has 0 bridgehead atoms. The van der Waals surface area contributed by atoms with Crippen LogP contribution in [0.4, 0.5) is 17.1 Å². The highest BCUT2D eigenvalue weighted by Gasteiger charge is 2.32. The molecule has 1 aliphatic heterocycles. The Hall–Kier alpha value is -4.68. The Kier molecular flexibility index (Phi) is 25.1. The zero-order chi connectivity index (χ0) is 51.5. The van der Waals surface area contributed by atoms with E-state index < -0.39 is 35.1 Å². The van der Waals surface area contributed by atoms with Crippen molar-refractivity contribution in [3.63, 3.8) is 0 Å². The van der Waals surface area contributed by atoms with Gasteiger partial charge in [-0.25, -0.2) is 4.79 Å². The van der Waals surface area contributed by atoms with E-state index in [1.807, 2.05) is 57.2 Å². The Labute approximate surface area is 419 Å². The number of fused-ring (bicyclic) bond motifs is 1. The van der Waals surface area contributed by atoms with Crippen molar-refractivity contribution in [2.75, 3.05) is 55.9 Å². The van der Waals surface area contributed by atoms with Crippen molar-refractivity contribution >= 4 is 106 Å². The number of nitro benzene ring substituents is 1. The zero-order valence-corrected chi connectivity index (χ0v) is 42.9. The van der Waals surface area contributed by atoms with Crippen LogP contribution in [0.2, 0.25) is 10.0 Å². The van der Waals surface area contributed by atoms with Crippen molar-refractivity contribution in [3.05, 3.63) is 116 Å². The van der Waals surface area contributed by atoms with Gasteiger partial charge in [0, 0.05) is 37.1 Å². The number of ether oxygens (including phenoxy) is 4. The summed E-state index contributed by atoms with van der Waals surface area (Å²) in [6.45, 7) is 10.1. The van der Waals surface area contributed by atoms with Crippen LogP contribution < -0.4 is 25.0 Å². The Balaban J connectivity index is 0.000000320. The number of carbonyl (C=O) groups excluding carboxylic acids is 3. The highest BCUT2D eigenvalue weighted by molar-refractivity contribution is 7.57. The van der Waals surface area contributed by atoms with Crippen LogP contribution >= 0.6 is 65.4 Å². The molecule has 372 valence electrons. The minimum atomic E-state index is -3.10. The number of amides is 2. The summed E-state index contributed by atoms with van der Waals surface area (Å²) in [5.74, 6) is -1.21. The number of nitro groups is 1. The van der Waals surface area contributed by atoms with Crippen LogP contribution in [0, 0.1) is 17.0 Å². The quantitative estimate of drug-likeness (QED) is 0.0330. The number of para-hydroxylation sites is 3. The number of hydrogen-bond acceptors (Lipinski definition) is 12. The average Bonchev–Trinajstić information content (AvgIpc) is 3.29. The fourth-order valence-corrected chi connectivity index (χ4v) is 7.80. The molecule has 1 aliphatic rings. The van der Waals surface area contributed by atoms with Crippen molar-refractivity contribution in [1.82, 2.24) is 0 Å². The molecule has 4 aromatic carbocycles. The molecule has 4 aromatic rings. The molecule has 4 N–H and O–H groups in total. The van der Waals surface area contributed by atoms with Crippen molar-refractivity contribution in [3.8, 4) is 17.2 Å². The minimum Gasteiger partial charge on any atom is -0.489 e. The Bertz CT molecular complexity index is 2410. The highest BCUT2D eigenvalue weighted by atomic mass is 35.5. The molecule has 4 atom stereocenters. The van der Waals surface area contributed by atoms with Gasteiger partial charge >= 0.3 is 11.9 Å². The molecule has 4 unspecified atom stereocenters. The molecule has 0 aliphatic carbocycles. The van der Waals surface area contributed by atoms with Crippen LogP contribution in [-0.4, -0.2) is 108 Å². The molecule has 17 nitrogen and oxygen atoms in total. The Morgan fingerprint density at radius 3 is 2.25 bits per heavy atom. The van der Waals surface area contributed by atoms with Crippen molar-refractivity contribution < 1.29 is 57.6 Å². The highest BCUT2D eigenvalue weighted by Crippen LogP contribution is 2.37. The molecule has 68 heavy (non-hydrogen) atoms. The largest absolute Gasteiger partial charge is 0.489 e. The summed E-state index contributed by atoms with van der Waals surface area (Å²) in [5, 5.41) is 19.9. The number of hydrogen-bond donors (Lipinski definition) is 3. The lowest BCUT2D eigenvalue weighted by Gasteiger charge is -2.35. The number of benzene rings is 4. The average molecular weight is 1070 g/mol. The monoisotopic (exact) mass is 1060 g/mol. The number of carboxylic acids is 1. The number of carbonyl (C=O) groups is 4. The van der Waals surface area contributed by atoms with E-state index in [-0.39, 0.29) is 64.4 Å². The van der Waals surface area contributed by atoms with Crippen LogP contribution in [0.3, 0.4) is 0 Å². The summed E-state index contributed by atoms with van der Waals surface area (Å²) in [7, 11) is -0.331. The third kappa shape index (κ3) is 18.3. The molecule has 0 radical (unpaired) electrons. The van der Waals surface area contributed by atoms with Crippen LogP contribution in [0.1, 0.15) is 48.7 Å². The fraction of sp³-hybridized carbons (Fsp3) is 0.378. The second kappa shape index (κ2) is 28.7. The van der Waals surface area contributed by atoms with Gasteiger partial charge in [0.05, 0.1) is 47.1 Å². The van der Waals surface area contributed by atoms with Crippen LogP contribution in [0.5, 0.6) is 17.2 Å². The maximum Gasteiger partial charge on any atom is 0.345 e. The summed E-state index contributed by atoms with van der Waals surface area (Å²) in [4.78, 5) is 67.1. The van der Waals surface area contributed by atoms with Gasteiger partial charge in [-0.15, -0.1) is 11.6 Å². The number of nitrogens with zero attached hydrogens (tertiary/aromatic N) is 3. The third-order valence-corrected chi connectivity index (χ3v) is 11.7. The van der Waals surface area contributed by atoms with Gasteiger partial charge < -0.3 is 44.5 Å². The van der Waals surface area contributed by atoms with Gasteiger partial charge in [-0.2, -0.15) is 0 Å². The number of nitrogens with two attached hydrogens (primary N) is 1. The smallest absolute Gasteiger partial charge is 0.345 e. The molecule has 2 amide bonds. The second-order valence-electron chi connectivity index (χ2n) is 14.9. The lowest BCUT2D eigenvalue weighted by Crippen LogP contribution is -2.47. The van der Waals surface area contributed by atoms with Gasteiger partial charge in [-0.05, 0) is 81.1 Å². The van der Waals surface area contributed by atoms with E-state index in [1.54, 1.807) is 29.0 Å². The molecular formula is C45H54Cl5N4O13P. The first-order valence-electron chi connectivity index (χ1n) is 20.5. The molecule has 0 saturated heterocycles. The number of halogens is 5. The van der Waals surface area contributed by atoms with Crippen LogP contribution in [0.15, 0.2) is 78.9 Å². The zero-order valence-electron chi connectivity index (χ0n) is 38.2. The third-order valence-electron chi connectivity index (χ3n) is 9.51. The van der Waals surface area contributed by atoms with E-state index in [1.165, 1.54) is 24.9 Å². The molecule has 23 heteroatoms. The lowest BCUT2D eigenvalue weighted by molar-refractivity contribution is -0.385.